The standard InChI is InChI=1S/C42H35ClFN3O6/c1-3-23-5-16-29(17-6-23)46-38(49)31-19-18-30-32(36(31)40(46)51)22-33-39(50)47(45-28-14-12-27(44)13-15-28)41(52)42(33,25-8-10-26(43)11-9-25)37(30)24-7-20-34(48)35(21-24)53-4-2/h3,5-18,20-21,31-33,36-37,45,48H,1,4,19,22H2,2H3. The SMILES string of the molecule is C=Cc1ccc(N2C(=O)C3CC=C4C(CC5C(=O)N(Nc6ccc(F)cc6)C(=O)C5(c5ccc(Cl)cc5)C4c4ccc(O)c(OCC)c4)C3C2=O)cc1. The Hall–Kier alpha value is -5.74. The van der Waals surface area contributed by atoms with E-state index in [4.69, 9.17) is 16.3 Å². The summed E-state index contributed by atoms with van der Waals surface area (Å²) in [5.41, 5.74) is 4.86. The van der Waals surface area contributed by atoms with Crippen molar-refractivity contribution in [2.24, 2.45) is 23.7 Å². The van der Waals surface area contributed by atoms with Gasteiger partial charge in [0.05, 0.1) is 41.2 Å². The van der Waals surface area contributed by atoms with Crippen LogP contribution in [0.1, 0.15) is 42.4 Å². The van der Waals surface area contributed by atoms with Gasteiger partial charge in [-0.25, -0.2) is 4.39 Å². The summed E-state index contributed by atoms with van der Waals surface area (Å²) in [6, 6.07) is 24.0. The van der Waals surface area contributed by atoms with Crippen LogP contribution in [0.4, 0.5) is 15.8 Å². The first-order valence-electron chi connectivity index (χ1n) is 17.5. The number of imide groups is 2. The van der Waals surface area contributed by atoms with E-state index in [0.29, 0.717) is 27.5 Å². The molecule has 0 aromatic heterocycles. The number of benzene rings is 4. The predicted molar refractivity (Wildman–Crippen MR) is 197 cm³/mol. The fraction of sp³-hybridized carbons (Fsp3) is 0.238. The summed E-state index contributed by atoms with van der Waals surface area (Å²) in [5.74, 6) is -6.04. The average molecular weight is 732 g/mol. The lowest BCUT2D eigenvalue weighted by atomic mass is 9.49. The Bertz CT molecular complexity index is 2210. The first-order chi connectivity index (χ1) is 25.6. The fourth-order valence-corrected chi connectivity index (χ4v) is 9.15. The van der Waals surface area contributed by atoms with Gasteiger partial charge in [0.25, 0.3) is 11.8 Å². The Labute approximate surface area is 310 Å². The highest BCUT2D eigenvalue weighted by atomic mass is 35.5. The topological polar surface area (TPSA) is 116 Å². The number of nitrogens with one attached hydrogen (secondary N) is 1. The van der Waals surface area contributed by atoms with Crippen LogP contribution in [0.15, 0.2) is 109 Å². The number of phenols is 1. The Morgan fingerprint density at radius 1 is 0.943 bits per heavy atom. The summed E-state index contributed by atoms with van der Waals surface area (Å²) in [6.45, 7) is 5.83. The number of allylic oxidation sites excluding steroid dienone is 2. The lowest BCUT2D eigenvalue weighted by Gasteiger charge is -2.50. The van der Waals surface area contributed by atoms with Crippen molar-refractivity contribution in [1.82, 2.24) is 5.01 Å². The number of amides is 4. The van der Waals surface area contributed by atoms with Crippen LogP contribution in [-0.2, 0) is 24.6 Å². The van der Waals surface area contributed by atoms with Gasteiger partial charge in [0.2, 0.25) is 11.8 Å². The molecule has 53 heavy (non-hydrogen) atoms. The Balaban J connectivity index is 1.32. The number of rotatable bonds is 8. The summed E-state index contributed by atoms with van der Waals surface area (Å²) >= 11 is 6.37. The number of halogens is 2. The van der Waals surface area contributed by atoms with Crippen LogP contribution in [0.3, 0.4) is 0 Å². The summed E-state index contributed by atoms with van der Waals surface area (Å²) in [5, 5.41) is 12.2. The third-order valence-corrected chi connectivity index (χ3v) is 11.5. The van der Waals surface area contributed by atoms with Gasteiger partial charge in [0, 0.05) is 10.9 Å². The normalized spacial score (nSPS) is 26.2. The Kier molecular flexibility index (Phi) is 8.45. The van der Waals surface area contributed by atoms with Crippen LogP contribution < -0.4 is 15.1 Å². The van der Waals surface area contributed by atoms with E-state index < -0.39 is 52.6 Å². The summed E-state index contributed by atoms with van der Waals surface area (Å²) in [7, 11) is 0. The first kappa shape index (κ1) is 34.4. The van der Waals surface area contributed by atoms with E-state index in [1.54, 1.807) is 73.7 Å². The number of aromatic hydroxyl groups is 1. The highest BCUT2D eigenvalue weighted by Gasteiger charge is 2.70. The van der Waals surface area contributed by atoms with E-state index in [9.17, 15) is 23.9 Å². The van der Waals surface area contributed by atoms with E-state index in [1.807, 2.05) is 6.08 Å². The maximum absolute atomic E-state index is 15.3. The number of phenolic OH excluding ortho intramolecular Hbond substituents is 1. The van der Waals surface area contributed by atoms with Gasteiger partial charge in [-0.1, -0.05) is 66.2 Å². The van der Waals surface area contributed by atoms with Crippen LogP contribution in [0, 0.1) is 29.5 Å². The Morgan fingerprint density at radius 2 is 1.66 bits per heavy atom. The fourth-order valence-electron chi connectivity index (χ4n) is 9.03. The molecule has 8 rings (SSSR count). The van der Waals surface area contributed by atoms with Gasteiger partial charge in [-0.3, -0.25) is 29.5 Å². The monoisotopic (exact) mass is 731 g/mol. The van der Waals surface area contributed by atoms with Crippen LogP contribution in [0.25, 0.3) is 6.08 Å². The van der Waals surface area contributed by atoms with Gasteiger partial charge < -0.3 is 9.84 Å². The highest BCUT2D eigenvalue weighted by Crippen LogP contribution is 2.64. The molecule has 2 aliphatic carbocycles. The lowest BCUT2D eigenvalue weighted by molar-refractivity contribution is -0.138. The number of ether oxygens (including phenoxy) is 1. The van der Waals surface area contributed by atoms with Crippen molar-refractivity contribution in [1.29, 1.82) is 0 Å². The molecule has 9 nitrogen and oxygen atoms in total. The van der Waals surface area contributed by atoms with Gasteiger partial charge in [0.15, 0.2) is 11.5 Å². The van der Waals surface area contributed by atoms with Gasteiger partial charge in [-0.15, -0.1) is 0 Å². The van der Waals surface area contributed by atoms with Crippen molar-refractivity contribution in [3.63, 3.8) is 0 Å². The molecule has 4 aromatic rings. The molecule has 4 aromatic carbocycles. The lowest BCUT2D eigenvalue weighted by Crippen LogP contribution is -2.53. The largest absolute Gasteiger partial charge is 0.504 e. The number of nitrogens with zero attached hydrogens (tertiary/aromatic N) is 2. The molecule has 2 heterocycles. The Morgan fingerprint density at radius 3 is 2.34 bits per heavy atom. The number of hydrogen-bond acceptors (Lipinski definition) is 7. The molecule has 3 fully saturated rings. The highest BCUT2D eigenvalue weighted by molar-refractivity contribution is 6.30. The minimum absolute atomic E-state index is 0.0942. The van der Waals surface area contributed by atoms with Gasteiger partial charge in [0.1, 0.15) is 5.82 Å². The molecule has 0 radical (unpaired) electrons. The third-order valence-electron chi connectivity index (χ3n) is 11.3. The number of anilines is 2. The predicted octanol–water partition coefficient (Wildman–Crippen LogP) is 7.42. The molecule has 6 atom stereocenters. The third kappa shape index (κ3) is 5.26. The number of carbonyl (C=O) groups excluding carboxylic acids is 4. The van der Waals surface area contributed by atoms with Crippen molar-refractivity contribution in [3.05, 3.63) is 137 Å². The average Bonchev–Trinajstić information content (AvgIpc) is 3.54. The molecule has 2 N–H and O–H groups in total. The molecule has 4 aliphatic rings. The van der Waals surface area contributed by atoms with Crippen molar-refractivity contribution < 1.29 is 33.4 Å². The second-order valence-corrected chi connectivity index (χ2v) is 14.3. The van der Waals surface area contributed by atoms with E-state index in [2.05, 4.69) is 12.0 Å². The van der Waals surface area contributed by atoms with Crippen LogP contribution >= 0.6 is 11.6 Å². The zero-order valence-electron chi connectivity index (χ0n) is 28.7. The summed E-state index contributed by atoms with van der Waals surface area (Å²) < 4.78 is 19.7. The summed E-state index contributed by atoms with van der Waals surface area (Å²) in [4.78, 5) is 59.9. The molecule has 268 valence electrons. The number of hydrogen-bond donors (Lipinski definition) is 2. The van der Waals surface area contributed by atoms with E-state index in [1.165, 1.54) is 35.2 Å². The van der Waals surface area contributed by atoms with E-state index >= 15 is 4.79 Å². The zero-order valence-corrected chi connectivity index (χ0v) is 29.4. The van der Waals surface area contributed by atoms with Crippen molar-refractivity contribution in [2.45, 2.75) is 31.1 Å². The summed E-state index contributed by atoms with van der Waals surface area (Å²) in [6.07, 6.45) is 3.98. The van der Waals surface area contributed by atoms with Gasteiger partial charge in [-0.05, 0) is 103 Å². The molecule has 0 spiro atoms. The maximum atomic E-state index is 15.3. The minimum atomic E-state index is -1.56. The second kappa shape index (κ2) is 13.0. The molecule has 1 saturated carbocycles. The first-order valence-corrected chi connectivity index (χ1v) is 17.9. The van der Waals surface area contributed by atoms with Crippen molar-refractivity contribution >= 4 is 52.7 Å². The number of carbonyl (C=O) groups is 4. The molecular formula is C42H35ClFN3O6. The van der Waals surface area contributed by atoms with Crippen LogP contribution in [-0.4, -0.2) is 40.4 Å². The molecule has 2 saturated heterocycles. The molecular weight excluding hydrogens is 697 g/mol. The van der Waals surface area contributed by atoms with Crippen molar-refractivity contribution in [2.75, 3.05) is 16.9 Å². The molecule has 4 amide bonds. The molecule has 11 heteroatoms. The van der Waals surface area contributed by atoms with Gasteiger partial charge in [-0.2, -0.15) is 5.01 Å². The van der Waals surface area contributed by atoms with Crippen molar-refractivity contribution in [3.8, 4) is 11.5 Å². The van der Waals surface area contributed by atoms with E-state index in [0.717, 1.165) is 16.1 Å². The second-order valence-electron chi connectivity index (χ2n) is 13.8. The molecule has 0 bridgehead atoms. The van der Waals surface area contributed by atoms with Gasteiger partial charge >= 0.3 is 0 Å². The number of fused-ring (bicyclic) bond motifs is 4. The smallest absolute Gasteiger partial charge is 0.260 e. The molecule has 6 unspecified atom stereocenters. The maximum Gasteiger partial charge on any atom is 0.260 e. The quantitative estimate of drug-likeness (QED) is 0.143. The van der Waals surface area contributed by atoms with Crippen LogP contribution in [0.5, 0.6) is 11.5 Å². The zero-order chi connectivity index (χ0) is 37.2. The number of hydrazine groups is 1. The minimum Gasteiger partial charge on any atom is -0.504 e. The van der Waals surface area contributed by atoms with E-state index in [-0.39, 0.29) is 42.8 Å². The van der Waals surface area contributed by atoms with Crippen LogP contribution in [0.2, 0.25) is 5.02 Å². The molecule has 2 aliphatic heterocycles.